The number of hydrogen-bond acceptors (Lipinski definition) is 4. The average Bonchev–Trinajstić information content (AvgIpc) is 3.55. The summed E-state index contributed by atoms with van der Waals surface area (Å²) in [4.78, 5) is 6.68. The number of rotatable bonds is 6. The molecule has 0 saturated carbocycles. The van der Waals surface area contributed by atoms with Gasteiger partial charge in [-0.15, -0.1) is 0 Å². The molecule has 1 fully saturated rings. The summed E-state index contributed by atoms with van der Waals surface area (Å²) in [7, 11) is 0. The number of ether oxygens (including phenoxy) is 1. The minimum atomic E-state index is -0.246. The van der Waals surface area contributed by atoms with Gasteiger partial charge in [-0.1, -0.05) is 35.9 Å². The maximum absolute atomic E-state index is 6.41. The van der Waals surface area contributed by atoms with E-state index in [-0.39, 0.29) is 12.1 Å². The smallest absolute Gasteiger partial charge is 0.174 e. The van der Waals surface area contributed by atoms with Crippen LogP contribution in [-0.4, -0.2) is 10.1 Å². The van der Waals surface area contributed by atoms with Crippen LogP contribution >= 0.6 is 23.8 Å². The van der Waals surface area contributed by atoms with Crippen molar-refractivity contribution in [3.05, 3.63) is 132 Å². The molecule has 0 spiro atoms. The number of anilines is 1. The number of para-hydroxylation sites is 1. The first-order valence-corrected chi connectivity index (χ1v) is 12.6. The first-order valence-electron chi connectivity index (χ1n) is 11.8. The van der Waals surface area contributed by atoms with Gasteiger partial charge < -0.3 is 19.4 Å². The highest BCUT2D eigenvalue weighted by molar-refractivity contribution is 7.80. The van der Waals surface area contributed by atoms with Gasteiger partial charge in [0, 0.05) is 22.5 Å². The highest BCUT2D eigenvalue weighted by Gasteiger charge is 2.42. The summed E-state index contributed by atoms with van der Waals surface area (Å²) in [5.74, 6) is 3.06. The van der Waals surface area contributed by atoms with Crippen LogP contribution in [-0.2, 0) is 0 Å². The Hall–Kier alpha value is -4.13. The quantitative estimate of drug-likeness (QED) is 0.228. The van der Waals surface area contributed by atoms with E-state index in [0.717, 1.165) is 40.0 Å². The molecule has 5 aromatic rings. The largest absolute Gasteiger partial charge is 0.459 e. The number of nitrogens with one attached hydrogen (secondary N) is 1. The molecular weight excluding hydrogens is 502 g/mol. The summed E-state index contributed by atoms with van der Waals surface area (Å²) in [5.41, 5.74) is 2.75. The SMILES string of the molecule is S=C1N[C@@H](c2ccccn2)[C@H](c2ccc(-c3ccc(Cl)cc3)o2)N1c1ccc(Oc2ccccc2)cc1. The predicted molar refractivity (Wildman–Crippen MR) is 150 cm³/mol. The van der Waals surface area contributed by atoms with Gasteiger partial charge in [-0.05, 0) is 97.1 Å². The van der Waals surface area contributed by atoms with E-state index in [0.29, 0.717) is 10.1 Å². The molecule has 0 radical (unpaired) electrons. The van der Waals surface area contributed by atoms with Gasteiger partial charge in [0.1, 0.15) is 29.1 Å². The van der Waals surface area contributed by atoms with Crippen molar-refractivity contribution in [1.29, 1.82) is 0 Å². The Labute approximate surface area is 225 Å². The van der Waals surface area contributed by atoms with Gasteiger partial charge in [0.25, 0.3) is 0 Å². The van der Waals surface area contributed by atoms with Crippen molar-refractivity contribution >= 4 is 34.6 Å². The van der Waals surface area contributed by atoms with Crippen LogP contribution in [0.4, 0.5) is 5.69 Å². The maximum Gasteiger partial charge on any atom is 0.174 e. The molecular formula is C30H22ClN3O2S. The zero-order chi connectivity index (χ0) is 25.2. The molecule has 2 atom stereocenters. The molecule has 1 aliphatic heterocycles. The summed E-state index contributed by atoms with van der Waals surface area (Å²) in [5, 5.41) is 4.75. The van der Waals surface area contributed by atoms with Crippen molar-refractivity contribution in [1.82, 2.24) is 10.3 Å². The van der Waals surface area contributed by atoms with Gasteiger partial charge in [-0.25, -0.2) is 0 Å². The maximum atomic E-state index is 6.41. The van der Waals surface area contributed by atoms with Crippen molar-refractivity contribution in [2.45, 2.75) is 12.1 Å². The van der Waals surface area contributed by atoms with Crippen molar-refractivity contribution in [2.75, 3.05) is 4.90 Å². The van der Waals surface area contributed by atoms with E-state index in [1.807, 2.05) is 109 Å². The zero-order valence-corrected chi connectivity index (χ0v) is 21.2. The molecule has 6 rings (SSSR count). The lowest BCUT2D eigenvalue weighted by atomic mass is 10.0. The minimum absolute atomic E-state index is 0.196. The summed E-state index contributed by atoms with van der Waals surface area (Å²) < 4.78 is 12.4. The fourth-order valence-corrected chi connectivity index (χ4v) is 4.97. The lowest BCUT2D eigenvalue weighted by Crippen LogP contribution is -2.29. The lowest BCUT2D eigenvalue weighted by molar-refractivity contribution is 0.439. The highest BCUT2D eigenvalue weighted by Crippen LogP contribution is 2.43. The first-order chi connectivity index (χ1) is 18.2. The van der Waals surface area contributed by atoms with E-state index in [1.54, 1.807) is 6.20 Å². The molecule has 3 heterocycles. The second-order valence-electron chi connectivity index (χ2n) is 8.61. The Kier molecular flexibility index (Phi) is 6.35. The fourth-order valence-electron chi connectivity index (χ4n) is 4.50. The summed E-state index contributed by atoms with van der Waals surface area (Å²) in [6, 6.07) is 34.6. The van der Waals surface area contributed by atoms with Gasteiger partial charge in [0.05, 0.1) is 11.7 Å². The van der Waals surface area contributed by atoms with E-state index < -0.39 is 0 Å². The molecule has 7 heteroatoms. The number of benzene rings is 3. The summed E-state index contributed by atoms with van der Waals surface area (Å²) in [6.07, 6.45) is 1.79. The number of nitrogens with zero attached hydrogens (tertiary/aromatic N) is 2. The van der Waals surface area contributed by atoms with Gasteiger partial charge in [-0.2, -0.15) is 0 Å². The van der Waals surface area contributed by atoms with E-state index in [2.05, 4.69) is 15.2 Å². The highest BCUT2D eigenvalue weighted by atomic mass is 35.5. The number of aromatic nitrogens is 1. The molecule has 1 aliphatic rings. The second kappa shape index (κ2) is 10.1. The first kappa shape index (κ1) is 23.3. The third-order valence-electron chi connectivity index (χ3n) is 6.24. The van der Waals surface area contributed by atoms with Crippen LogP contribution in [0.3, 0.4) is 0 Å². The van der Waals surface area contributed by atoms with Crippen LogP contribution in [0.2, 0.25) is 5.02 Å². The van der Waals surface area contributed by atoms with Crippen LogP contribution in [0, 0.1) is 0 Å². The van der Waals surface area contributed by atoms with Gasteiger partial charge in [-0.3, -0.25) is 4.98 Å². The fraction of sp³-hybridized carbons (Fsp3) is 0.0667. The molecule has 2 aromatic heterocycles. The Bertz CT molecular complexity index is 1510. The van der Waals surface area contributed by atoms with Crippen molar-refractivity contribution in [3.63, 3.8) is 0 Å². The van der Waals surface area contributed by atoms with Crippen LogP contribution in [0.25, 0.3) is 11.3 Å². The summed E-state index contributed by atoms with van der Waals surface area (Å²) in [6.45, 7) is 0. The number of thiocarbonyl (C=S) groups is 1. The van der Waals surface area contributed by atoms with Crippen molar-refractivity contribution in [2.24, 2.45) is 0 Å². The van der Waals surface area contributed by atoms with Gasteiger partial charge in [0.15, 0.2) is 5.11 Å². The Morgan fingerprint density at radius 3 is 2.27 bits per heavy atom. The number of pyridine rings is 1. The Morgan fingerprint density at radius 2 is 1.54 bits per heavy atom. The molecule has 0 amide bonds. The minimum Gasteiger partial charge on any atom is -0.459 e. The third kappa shape index (κ3) is 4.81. The monoisotopic (exact) mass is 523 g/mol. The number of hydrogen-bond donors (Lipinski definition) is 1. The normalized spacial score (nSPS) is 17.0. The second-order valence-corrected chi connectivity index (χ2v) is 9.44. The van der Waals surface area contributed by atoms with Crippen LogP contribution in [0.5, 0.6) is 11.5 Å². The Morgan fingerprint density at radius 1 is 0.811 bits per heavy atom. The predicted octanol–water partition coefficient (Wildman–Crippen LogP) is 7.96. The van der Waals surface area contributed by atoms with Gasteiger partial charge in [0.2, 0.25) is 0 Å². The molecule has 5 nitrogen and oxygen atoms in total. The zero-order valence-electron chi connectivity index (χ0n) is 19.6. The van der Waals surface area contributed by atoms with Gasteiger partial charge >= 0.3 is 0 Å². The Balaban J connectivity index is 1.35. The lowest BCUT2D eigenvalue weighted by Gasteiger charge is -2.26. The third-order valence-corrected chi connectivity index (χ3v) is 6.81. The van der Waals surface area contributed by atoms with E-state index >= 15 is 0 Å². The topological polar surface area (TPSA) is 50.5 Å². The average molecular weight is 524 g/mol. The standard InChI is InChI=1S/C30H22ClN3O2S/c31-21-11-9-20(10-12-21)26-17-18-27(36-26)29-28(25-8-4-5-19-32-25)33-30(37)34(29)22-13-15-24(16-14-22)35-23-6-2-1-3-7-23/h1-19,28-29H,(H,33,37)/t28-,29-/m0/s1. The molecule has 1 N–H and O–H groups in total. The molecule has 182 valence electrons. The van der Waals surface area contributed by atoms with E-state index in [4.69, 9.17) is 33.0 Å². The molecule has 37 heavy (non-hydrogen) atoms. The van der Waals surface area contributed by atoms with Crippen LogP contribution in [0.1, 0.15) is 23.5 Å². The molecule has 1 saturated heterocycles. The van der Waals surface area contributed by atoms with Crippen LogP contribution in [0.15, 0.2) is 120 Å². The number of halogens is 1. The molecule has 0 aliphatic carbocycles. The van der Waals surface area contributed by atoms with Crippen molar-refractivity contribution in [3.8, 4) is 22.8 Å². The number of furan rings is 1. The van der Waals surface area contributed by atoms with E-state index in [9.17, 15) is 0 Å². The molecule has 0 unspecified atom stereocenters. The van der Waals surface area contributed by atoms with Crippen molar-refractivity contribution < 1.29 is 9.15 Å². The summed E-state index contributed by atoms with van der Waals surface area (Å²) >= 11 is 11.9. The molecule has 3 aromatic carbocycles. The van der Waals surface area contributed by atoms with Crippen LogP contribution < -0.4 is 15.0 Å². The van der Waals surface area contributed by atoms with E-state index in [1.165, 1.54) is 0 Å². The molecule has 0 bridgehead atoms.